The van der Waals surface area contributed by atoms with E-state index in [9.17, 15) is 9.59 Å². The minimum absolute atomic E-state index is 0.0270. The van der Waals surface area contributed by atoms with Crippen molar-refractivity contribution in [2.45, 2.75) is 46.8 Å². The summed E-state index contributed by atoms with van der Waals surface area (Å²) in [5.41, 5.74) is 3.37. The van der Waals surface area contributed by atoms with Gasteiger partial charge in [-0.25, -0.2) is 4.79 Å². The van der Waals surface area contributed by atoms with Gasteiger partial charge in [-0.3, -0.25) is 4.79 Å². The van der Waals surface area contributed by atoms with Crippen LogP contribution < -0.4 is 14.9 Å². The predicted molar refractivity (Wildman–Crippen MR) is 132 cm³/mol. The van der Waals surface area contributed by atoms with Gasteiger partial charge >= 0.3 is 5.97 Å². The van der Waals surface area contributed by atoms with Crippen LogP contribution in [0.5, 0.6) is 11.5 Å². The lowest BCUT2D eigenvalue weighted by molar-refractivity contribution is 0.0523. The van der Waals surface area contributed by atoms with Gasteiger partial charge < -0.3 is 18.8 Å². The highest BCUT2D eigenvalue weighted by molar-refractivity contribution is 5.89. The summed E-state index contributed by atoms with van der Waals surface area (Å²) < 4.78 is 18.9. The maximum Gasteiger partial charge on any atom is 0.343 e. The van der Waals surface area contributed by atoms with Crippen molar-refractivity contribution in [3.05, 3.63) is 81.6 Å². The Morgan fingerprint density at radius 2 is 1.82 bits per heavy atom. The summed E-state index contributed by atoms with van der Waals surface area (Å²) in [5, 5.41) is 0. The monoisotopic (exact) mass is 461 g/mol. The molecule has 0 bridgehead atoms. The van der Waals surface area contributed by atoms with Gasteiger partial charge in [0.2, 0.25) is 0 Å². The molecule has 0 amide bonds. The predicted octanol–water partition coefficient (Wildman–Crippen LogP) is 5.42. The Hall–Kier alpha value is -3.54. The number of carbonyl (C=O) groups is 1. The molecule has 0 aliphatic carbocycles. The highest BCUT2D eigenvalue weighted by atomic mass is 16.5. The van der Waals surface area contributed by atoms with Crippen molar-refractivity contribution in [3.63, 3.8) is 0 Å². The van der Waals surface area contributed by atoms with E-state index >= 15 is 0 Å². The number of benzene rings is 2. The number of aromatic nitrogens is 1. The number of nitrogens with zero attached hydrogens (tertiary/aromatic N) is 1. The second-order valence-electron chi connectivity index (χ2n) is 9.58. The maximum atomic E-state index is 12.9. The van der Waals surface area contributed by atoms with Crippen molar-refractivity contribution >= 4 is 5.97 Å². The van der Waals surface area contributed by atoms with Gasteiger partial charge in [-0.2, -0.15) is 0 Å². The quantitative estimate of drug-likeness (QED) is 0.459. The summed E-state index contributed by atoms with van der Waals surface area (Å²) in [4.78, 5) is 25.3. The lowest BCUT2D eigenvalue weighted by Gasteiger charge is -2.39. The molecule has 0 radical (unpaired) electrons. The number of rotatable bonds is 6. The van der Waals surface area contributed by atoms with E-state index in [2.05, 4.69) is 20.8 Å². The summed E-state index contributed by atoms with van der Waals surface area (Å²) in [6.07, 6.45) is 2.38. The Morgan fingerprint density at radius 1 is 1.09 bits per heavy atom. The van der Waals surface area contributed by atoms with Crippen LogP contribution in [0.1, 0.15) is 55.2 Å². The van der Waals surface area contributed by atoms with Crippen LogP contribution in [0.2, 0.25) is 0 Å². The van der Waals surface area contributed by atoms with E-state index in [1.807, 2.05) is 47.0 Å². The molecule has 0 N–H and O–H groups in total. The molecule has 0 spiro atoms. The van der Waals surface area contributed by atoms with E-state index in [4.69, 9.17) is 14.2 Å². The normalized spacial score (nSPS) is 14.7. The first kappa shape index (κ1) is 23.6. The molecular formula is C28H31NO5. The Balaban J connectivity index is 1.81. The molecule has 2 heterocycles. The molecule has 1 atom stereocenters. The molecule has 34 heavy (non-hydrogen) atoms. The van der Waals surface area contributed by atoms with Gasteiger partial charge in [-0.05, 0) is 42.0 Å². The molecule has 3 aromatic rings. The number of ether oxygens (including phenoxy) is 3. The van der Waals surface area contributed by atoms with Gasteiger partial charge in [0.25, 0.3) is 0 Å². The highest BCUT2D eigenvalue weighted by Crippen LogP contribution is 2.45. The van der Waals surface area contributed by atoms with E-state index in [1.165, 1.54) is 6.07 Å². The number of fused-ring (bicyclic) bond motifs is 3. The summed E-state index contributed by atoms with van der Waals surface area (Å²) in [7, 11) is 1.61. The standard InChI is InChI=1S/C28H31NO5/c1-6-33-27(31)21-16-29-22(15-23(21)30)20-14-24(32-5)25(34-17-18-10-8-7-9-11-18)12-19(20)13-26(29)28(2,3)4/h7-12,14-16,26H,6,13,17H2,1-5H3. The third kappa shape index (κ3) is 4.58. The Bertz CT molecular complexity index is 1250. The van der Waals surface area contributed by atoms with Crippen LogP contribution in [0.15, 0.2) is 59.5 Å². The first-order valence-corrected chi connectivity index (χ1v) is 11.5. The third-order valence-corrected chi connectivity index (χ3v) is 6.23. The minimum atomic E-state index is -0.594. The van der Waals surface area contributed by atoms with Crippen LogP contribution in [0.25, 0.3) is 11.3 Å². The van der Waals surface area contributed by atoms with Crippen molar-refractivity contribution in [2.24, 2.45) is 5.41 Å². The Labute approximate surface area is 200 Å². The van der Waals surface area contributed by atoms with Crippen molar-refractivity contribution in [3.8, 4) is 22.8 Å². The lowest BCUT2D eigenvalue weighted by atomic mass is 9.78. The highest BCUT2D eigenvalue weighted by Gasteiger charge is 2.34. The van der Waals surface area contributed by atoms with Crippen molar-refractivity contribution in [1.29, 1.82) is 0 Å². The smallest absolute Gasteiger partial charge is 0.343 e. The van der Waals surface area contributed by atoms with E-state index < -0.39 is 5.97 Å². The number of esters is 1. The first-order chi connectivity index (χ1) is 16.2. The van der Waals surface area contributed by atoms with Crippen molar-refractivity contribution < 1.29 is 19.0 Å². The fourth-order valence-electron chi connectivity index (χ4n) is 4.43. The van der Waals surface area contributed by atoms with E-state index in [0.29, 0.717) is 18.1 Å². The number of methoxy groups -OCH3 is 1. The van der Waals surface area contributed by atoms with Crippen LogP contribution in [0.4, 0.5) is 0 Å². The van der Waals surface area contributed by atoms with Crippen molar-refractivity contribution in [2.75, 3.05) is 13.7 Å². The number of carbonyl (C=O) groups excluding carboxylic acids is 1. The number of hydrogen-bond acceptors (Lipinski definition) is 5. The molecule has 1 aliphatic rings. The molecular weight excluding hydrogens is 430 g/mol. The summed E-state index contributed by atoms with van der Waals surface area (Å²) in [5.74, 6) is 0.664. The fourth-order valence-corrected chi connectivity index (χ4v) is 4.43. The maximum absolute atomic E-state index is 12.9. The average Bonchev–Trinajstić information content (AvgIpc) is 2.81. The molecule has 178 valence electrons. The third-order valence-electron chi connectivity index (χ3n) is 6.23. The largest absolute Gasteiger partial charge is 0.493 e. The van der Waals surface area contributed by atoms with Gasteiger partial charge in [0, 0.05) is 23.9 Å². The molecule has 6 heteroatoms. The van der Waals surface area contributed by atoms with E-state index in [1.54, 1.807) is 20.2 Å². The minimum Gasteiger partial charge on any atom is -0.493 e. The van der Waals surface area contributed by atoms with Crippen LogP contribution in [0, 0.1) is 5.41 Å². The molecule has 0 fully saturated rings. The molecule has 4 rings (SSSR count). The number of hydrogen-bond donors (Lipinski definition) is 0. The Kier molecular flexibility index (Phi) is 6.51. The van der Waals surface area contributed by atoms with E-state index in [0.717, 1.165) is 28.8 Å². The van der Waals surface area contributed by atoms with Gasteiger partial charge in [0.15, 0.2) is 16.9 Å². The molecule has 1 aromatic heterocycles. The van der Waals surface area contributed by atoms with Crippen molar-refractivity contribution in [1.82, 2.24) is 4.57 Å². The molecule has 6 nitrogen and oxygen atoms in total. The second-order valence-corrected chi connectivity index (χ2v) is 9.58. The van der Waals surface area contributed by atoms with Crippen LogP contribution >= 0.6 is 0 Å². The zero-order valence-corrected chi connectivity index (χ0v) is 20.4. The summed E-state index contributed by atoms with van der Waals surface area (Å²) in [6, 6.07) is 15.5. The van der Waals surface area contributed by atoms with E-state index in [-0.39, 0.29) is 29.1 Å². The lowest BCUT2D eigenvalue weighted by Crippen LogP contribution is -2.33. The SMILES string of the molecule is CCOC(=O)c1cn2c(cc1=O)-c1cc(OC)c(OCc3ccccc3)cc1CC2C(C)(C)C. The molecule has 0 saturated heterocycles. The van der Waals surface area contributed by atoms with Crippen LogP contribution in [0.3, 0.4) is 0 Å². The zero-order valence-electron chi connectivity index (χ0n) is 20.4. The topological polar surface area (TPSA) is 66.8 Å². The van der Waals surface area contributed by atoms with Crippen LogP contribution in [-0.4, -0.2) is 24.3 Å². The summed E-state index contributed by atoms with van der Waals surface area (Å²) in [6.45, 7) is 8.85. The van der Waals surface area contributed by atoms with Gasteiger partial charge in [-0.1, -0.05) is 51.1 Å². The second kappa shape index (κ2) is 9.37. The van der Waals surface area contributed by atoms with Crippen LogP contribution in [-0.2, 0) is 17.8 Å². The summed E-state index contributed by atoms with van der Waals surface area (Å²) >= 11 is 0. The van der Waals surface area contributed by atoms with Gasteiger partial charge in [0.1, 0.15) is 12.2 Å². The molecule has 0 saturated carbocycles. The Morgan fingerprint density at radius 3 is 2.47 bits per heavy atom. The van der Waals surface area contributed by atoms with Gasteiger partial charge in [-0.15, -0.1) is 0 Å². The van der Waals surface area contributed by atoms with Gasteiger partial charge in [0.05, 0.1) is 19.4 Å². The number of pyridine rings is 1. The first-order valence-electron chi connectivity index (χ1n) is 11.5. The zero-order chi connectivity index (χ0) is 24.5. The molecule has 1 aliphatic heterocycles. The average molecular weight is 462 g/mol. The molecule has 1 unspecified atom stereocenters. The fraction of sp³-hybridized carbons (Fsp3) is 0.357. The molecule has 2 aromatic carbocycles.